The number of anilines is 1. The van der Waals surface area contributed by atoms with E-state index in [2.05, 4.69) is 31.9 Å². The Morgan fingerprint density at radius 1 is 1.06 bits per heavy atom. The minimum atomic E-state index is -0.267. The highest BCUT2D eigenvalue weighted by atomic mass is 127. The molecule has 1 amide bonds. The van der Waals surface area contributed by atoms with Gasteiger partial charge in [0.2, 0.25) is 0 Å². The van der Waals surface area contributed by atoms with Crippen molar-refractivity contribution in [1.29, 1.82) is 0 Å². The summed E-state index contributed by atoms with van der Waals surface area (Å²) in [5.41, 5.74) is 1.55. The van der Waals surface area contributed by atoms with E-state index in [4.69, 9.17) is 4.74 Å². The molecule has 0 atom stereocenters. The average Bonchev–Trinajstić information content (AvgIpc) is 2.80. The lowest BCUT2D eigenvalue weighted by Crippen LogP contribution is -2.53. The number of nitrogens with zero attached hydrogens (tertiary/aromatic N) is 5. The number of rotatable bonds is 5. The number of guanidine groups is 1. The molecule has 0 aliphatic carbocycles. The van der Waals surface area contributed by atoms with Crippen LogP contribution in [0.3, 0.4) is 0 Å². The number of piperazine rings is 2. The van der Waals surface area contributed by atoms with Gasteiger partial charge in [0.05, 0.1) is 12.3 Å². The number of halogens is 2. The number of carbonyl (C=O) groups is 1. The predicted molar refractivity (Wildman–Crippen MR) is 137 cm³/mol. The van der Waals surface area contributed by atoms with Gasteiger partial charge in [-0.1, -0.05) is 13.0 Å². The summed E-state index contributed by atoms with van der Waals surface area (Å²) in [6, 6.07) is 5.47. The van der Waals surface area contributed by atoms with Crippen molar-refractivity contribution >= 4 is 41.7 Å². The quantitative estimate of drug-likeness (QED) is 0.338. The average molecular weight is 562 g/mol. The Morgan fingerprint density at radius 3 is 2.28 bits per heavy atom. The number of amides is 1. The first-order valence-electron chi connectivity index (χ1n) is 11.2. The number of likely N-dealkylation sites (N-methyl/N-ethyl adjacent to an activating group) is 1. The Morgan fingerprint density at radius 2 is 1.72 bits per heavy atom. The maximum atomic E-state index is 14.8. The Balaban J connectivity index is 0.00000363. The molecule has 1 aromatic rings. The smallest absolute Gasteiger partial charge is 0.409 e. The van der Waals surface area contributed by atoms with Crippen molar-refractivity contribution in [3.63, 3.8) is 0 Å². The van der Waals surface area contributed by atoms with Gasteiger partial charge < -0.3 is 29.7 Å². The van der Waals surface area contributed by atoms with Gasteiger partial charge in [-0.25, -0.2) is 9.18 Å². The summed E-state index contributed by atoms with van der Waals surface area (Å²) < 4.78 is 19.8. The van der Waals surface area contributed by atoms with Gasteiger partial charge in [0.15, 0.2) is 5.96 Å². The highest BCUT2D eigenvalue weighted by molar-refractivity contribution is 14.0. The van der Waals surface area contributed by atoms with Crippen LogP contribution in [0.1, 0.15) is 19.4 Å². The molecular weight excluding hydrogens is 526 g/mol. The molecule has 2 heterocycles. The molecule has 2 aliphatic heterocycles. The maximum Gasteiger partial charge on any atom is 0.409 e. The molecule has 2 fully saturated rings. The Kier molecular flexibility index (Phi) is 10.8. The predicted octanol–water partition coefficient (Wildman–Crippen LogP) is 2.44. The van der Waals surface area contributed by atoms with Crippen LogP contribution < -0.4 is 10.2 Å². The number of aliphatic imine (C=N–C) groups is 1. The summed E-state index contributed by atoms with van der Waals surface area (Å²) in [4.78, 5) is 24.5. The summed E-state index contributed by atoms with van der Waals surface area (Å²) in [6.45, 7) is 12.1. The lowest BCUT2D eigenvalue weighted by molar-refractivity contribution is 0.0914. The summed E-state index contributed by atoms with van der Waals surface area (Å²) in [5.74, 6) is 0.575. The molecule has 1 N–H and O–H groups in total. The van der Waals surface area contributed by atoms with Crippen molar-refractivity contribution in [3.05, 3.63) is 29.6 Å². The zero-order valence-electron chi connectivity index (χ0n) is 19.3. The van der Waals surface area contributed by atoms with E-state index in [0.29, 0.717) is 45.0 Å². The summed E-state index contributed by atoms with van der Waals surface area (Å²) >= 11 is 0. The summed E-state index contributed by atoms with van der Waals surface area (Å²) in [5, 5.41) is 3.32. The molecule has 2 saturated heterocycles. The van der Waals surface area contributed by atoms with Gasteiger partial charge >= 0.3 is 6.09 Å². The first kappa shape index (κ1) is 26.4. The number of hydrogen-bond acceptors (Lipinski definition) is 5. The fourth-order valence-electron chi connectivity index (χ4n) is 4.05. The molecule has 0 spiro atoms. The minimum Gasteiger partial charge on any atom is -0.450 e. The van der Waals surface area contributed by atoms with Crippen LogP contribution in [0.25, 0.3) is 0 Å². The van der Waals surface area contributed by atoms with E-state index in [-0.39, 0.29) is 35.9 Å². The third-order valence-corrected chi connectivity index (χ3v) is 5.94. The monoisotopic (exact) mass is 562 g/mol. The molecule has 32 heavy (non-hydrogen) atoms. The molecular formula is C22H36FIN6O2. The topological polar surface area (TPSA) is 63.7 Å². The molecule has 0 aromatic heterocycles. The minimum absolute atomic E-state index is 0. The Bertz CT molecular complexity index is 765. The molecule has 0 saturated carbocycles. The first-order valence-corrected chi connectivity index (χ1v) is 11.2. The Labute approximate surface area is 207 Å². The van der Waals surface area contributed by atoms with Gasteiger partial charge in [0, 0.05) is 66.0 Å². The third kappa shape index (κ3) is 6.84. The molecule has 0 unspecified atom stereocenters. The number of ether oxygens (including phenoxy) is 1. The molecule has 3 rings (SSSR count). The van der Waals surface area contributed by atoms with Crippen LogP contribution in [0.15, 0.2) is 23.2 Å². The van der Waals surface area contributed by atoms with E-state index in [1.807, 2.05) is 19.1 Å². The number of hydrogen-bond donors (Lipinski definition) is 1. The second-order valence-corrected chi connectivity index (χ2v) is 7.78. The summed E-state index contributed by atoms with van der Waals surface area (Å²) in [7, 11) is 1.74. The van der Waals surface area contributed by atoms with Crippen LogP contribution in [0.4, 0.5) is 14.9 Å². The van der Waals surface area contributed by atoms with Gasteiger partial charge in [0.25, 0.3) is 0 Å². The number of nitrogens with one attached hydrogen (secondary N) is 1. The zero-order chi connectivity index (χ0) is 22.2. The van der Waals surface area contributed by atoms with Crippen LogP contribution in [-0.4, -0.2) is 99.3 Å². The molecule has 10 heteroatoms. The van der Waals surface area contributed by atoms with Crippen molar-refractivity contribution in [2.24, 2.45) is 4.99 Å². The SMILES string of the molecule is CCOC(=O)N1CCN(C(=NC)NCc2ccc(N3CCN(CC)CC3)c(F)c2)CC1.I. The van der Waals surface area contributed by atoms with Gasteiger partial charge in [0.1, 0.15) is 5.82 Å². The first-order chi connectivity index (χ1) is 15.0. The van der Waals surface area contributed by atoms with Crippen molar-refractivity contribution in [2.45, 2.75) is 20.4 Å². The van der Waals surface area contributed by atoms with Crippen LogP contribution in [-0.2, 0) is 11.3 Å². The highest BCUT2D eigenvalue weighted by Gasteiger charge is 2.24. The van der Waals surface area contributed by atoms with Crippen molar-refractivity contribution in [1.82, 2.24) is 20.0 Å². The highest BCUT2D eigenvalue weighted by Crippen LogP contribution is 2.22. The molecule has 180 valence electrons. The second-order valence-electron chi connectivity index (χ2n) is 7.78. The second kappa shape index (κ2) is 13.0. The fourth-order valence-corrected chi connectivity index (χ4v) is 4.05. The molecule has 0 bridgehead atoms. The fraction of sp³-hybridized carbons (Fsp3) is 0.636. The van der Waals surface area contributed by atoms with Gasteiger partial charge in [-0.05, 0) is 31.2 Å². The van der Waals surface area contributed by atoms with E-state index >= 15 is 0 Å². The molecule has 0 radical (unpaired) electrons. The molecule has 8 nitrogen and oxygen atoms in total. The van der Waals surface area contributed by atoms with E-state index < -0.39 is 0 Å². The van der Waals surface area contributed by atoms with Crippen LogP contribution in [0.2, 0.25) is 0 Å². The standard InChI is InChI=1S/C22H35FN6O2.HI/c1-4-26-8-10-27(11-9-26)20-7-6-18(16-19(20)23)17-25-21(24-3)28-12-14-29(15-13-28)22(30)31-5-2;/h6-7,16H,4-5,8-15,17H2,1-3H3,(H,24,25);1H. The lowest BCUT2D eigenvalue weighted by Gasteiger charge is -2.36. The Hall–Kier alpha value is -1.82. The normalized spacial score (nSPS) is 17.8. The van der Waals surface area contributed by atoms with E-state index in [1.165, 1.54) is 0 Å². The van der Waals surface area contributed by atoms with E-state index in [9.17, 15) is 9.18 Å². The largest absolute Gasteiger partial charge is 0.450 e. The van der Waals surface area contributed by atoms with Gasteiger partial charge in [-0.3, -0.25) is 4.99 Å². The van der Waals surface area contributed by atoms with Crippen LogP contribution in [0.5, 0.6) is 0 Å². The van der Waals surface area contributed by atoms with E-state index in [0.717, 1.165) is 44.2 Å². The van der Waals surface area contributed by atoms with Crippen molar-refractivity contribution in [2.75, 3.05) is 77.5 Å². The zero-order valence-corrected chi connectivity index (χ0v) is 21.7. The van der Waals surface area contributed by atoms with Gasteiger partial charge in [-0.15, -0.1) is 24.0 Å². The molecule has 1 aromatic carbocycles. The van der Waals surface area contributed by atoms with Crippen molar-refractivity contribution < 1.29 is 13.9 Å². The number of benzene rings is 1. The maximum absolute atomic E-state index is 14.8. The lowest BCUT2D eigenvalue weighted by atomic mass is 10.1. The number of carbonyl (C=O) groups excluding carboxylic acids is 1. The third-order valence-electron chi connectivity index (χ3n) is 5.94. The van der Waals surface area contributed by atoms with E-state index in [1.54, 1.807) is 18.0 Å². The van der Waals surface area contributed by atoms with Crippen molar-refractivity contribution in [3.8, 4) is 0 Å². The van der Waals surface area contributed by atoms with Crippen LogP contribution in [0, 0.1) is 5.82 Å². The molecule has 2 aliphatic rings. The van der Waals surface area contributed by atoms with Crippen LogP contribution >= 0.6 is 24.0 Å². The summed E-state index contributed by atoms with van der Waals surface area (Å²) in [6.07, 6.45) is -0.267. The van der Waals surface area contributed by atoms with Gasteiger partial charge in [-0.2, -0.15) is 0 Å².